The lowest BCUT2D eigenvalue weighted by atomic mass is 9.85. The summed E-state index contributed by atoms with van der Waals surface area (Å²) in [6.07, 6.45) is 1.96. The van der Waals surface area contributed by atoms with E-state index in [1.165, 1.54) is 14.0 Å². The zero-order valence-electron chi connectivity index (χ0n) is 12.1. The summed E-state index contributed by atoms with van der Waals surface area (Å²) < 4.78 is 4.65. The van der Waals surface area contributed by atoms with Crippen molar-refractivity contribution in [2.45, 2.75) is 25.2 Å². The van der Waals surface area contributed by atoms with Gasteiger partial charge in [-0.2, -0.15) is 0 Å². The number of ketones is 1. The van der Waals surface area contributed by atoms with Crippen molar-refractivity contribution in [3.05, 3.63) is 34.9 Å². The molecule has 1 aromatic rings. The highest BCUT2D eigenvalue weighted by molar-refractivity contribution is 6.01. The normalized spacial score (nSPS) is 18.4. The summed E-state index contributed by atoms with van der Waals surface area (Å²) in [5.41, 5.74) is 2.12. The number of ether oxygens (including phenoxy) is 1. The summed E-state index contributed by atoms with van der Waals surface area (Å²) in [4.78, 5) is 37.0. The molecular formula is C16H17NO4. The lowest BCUT2D eigenvalue weighted by Gasteiger charge is -2.34. The molecule has 1 amide bonds. The third-order valence-electron chi connectivity index (χ3n) is 4.41. The van der Waals surface area contributed by atoms with Crippen LogP contribution >= 0.6 is 0 Å². The number of fused-ring (bicyclic) bond motifs is 2. The number of carbonyl (C=O) groups excluding carboxylic acids is 3. The Hall–Kier alpha value is -2.17. The van der Waals surface area contributed by atoms with Crippen molar-refractivity contribution >= 4 is 17.7 Å². The predicted molar refractivity (Wildman–Crippen MR) is 75.3 cm³/mol. The Kier molecular flexibility index (Phi) is 3.08. The minimum atomic E-state index is -0.414. The highest BCUT2D eigenvalue weighted by Gasteiger charge is 2.51. The van der Waals surface area contributed by atoms with Gasteiger partial charge in [-0.15, -0.1) is 0 Å². The quantitative estimate of drug-likeness (QED) is 0.625. The molecule has 1 spiro atoms. The van der Waals surface area contributed by atoms with Crippen LogP contribution in [-0.4, -0.2) is 42.8 Å². The van der Waals surface area contributed by atoms with Crippen LogP contribution in [0.15, 0.2) is 18.2 Å². The number of hydrogen-bond donors (Lipinski definition) is 0. The van der Waals surface area contributed by atoms with Gasteiger partial charge in [0.2, 0.25) is 0 Å². The molecule has 110 valence electrons. The van der Waals surface area contributed by atoms with Crippen LogP contribution in [0.1, 0.15) is 46.0 Å². The fourth-order valence-electron chi connectivity index (χ4n) is 3.01. The third-order valence-corrected chi connectivity index (χ3v) is 4.41. The Morgan fingerprint density at radius 3 is 2.62 bits per heavy atom. The van der Waals surface area contributed by atoms with Crippen LogP contribution < -0.4 is 0 Å². The largest absolute Gasteiger partial charge is 0.468 e. The van der Waals surface area contributed by atoms with Crippen LogP contribution in [0.2, 0.25) is 0 Å². The van der Waals surface area contributed by atoms with E-state index in [-0.39, 0.29) is 23.7 Å². The number of benzene rings is 1. The predicted octanol–water partition coefficient (Wildman–Crippen LogP) is 1.55. The van der Waals surface area contributed by atoms with Gasteiger partial charge in [-0.05, 0) is 37.5 Å². The molecule has 1 heterocycles. The molecule has 0 atom stereocenters. The van der Waals surface area contributed by atoms with E-state index in [4.69, 9.17) is 0 Å². The Balaban J connectivity index is 1.99. The second-order valence-electron chi connectivity index (χ2n) is 5.83. The van der Waals surface area contributed by atoms with Gasteiger partial charge in [0, 0.05) is 23.1 Å². The zero-order chi connectivity index (χ0) is 15.2. The van der Waals surface area contributed by atoms with E-state index >= 15 is 0 Å². The maximum Gasteiger partial charge on any atom is 0.325 e. The first kappa shape index (κ1) is 13.8. The van der Waals surface area contributed by atoms with Crippen molar-refractivity contribution in [1.82, 2.24) is 4.90 Å². The SMILES string of the molecule is COC(=O)CN1CC2(CC2)c2cc(C(C)=O)ccc2C1=O. The Morgan fingerprint density at radius 1 is 1.33 bits per heavy atom. The van der Waals surface area contributed by atoms with Gasteiger partial charge in [0.25, 0.3) is 5.91 Å². The average molecular weight is 287 g/mol. The first-order chi connectivity index (χ1) is 9.97. The molecule has 0 radical (unpaired) electrons. The summed E-state index contributed by atoms with van der Waals surface area (Å²) in [5.74, 6) is -0.580. The molecule has 1 aromatic carbocycles. The van der Waals surface area contributed by atoms with Crippen molar-refractivity contribution in [1.29, 1.82) is 0 Å². The highest BCUT2D eigenvalue weighted by Crippen LogP contribution is 2.52. The monoisotopic (exact) mass is 287 g/mol. The topological polar surface area (TPSA) is 63.7 Å². The molecule has 1 aliphatic carbocycles. The van der Waals surface area contributed by atoms with Crippen LogP contribution in [0, 0.1) is 0 Å². The van der Waals surface area contributed by atoms with Gasteiger partial charge in [-0.1, -0.05) is 6.07 Å². The van der Waals surface area contributed by atoms with Crippen LogP contribution in [0.25, 0.3) is 0 Å². The fourth-order valence-corrected chi connectivity index (χ4v) is 3.01. The second-order valence-corrected chi connectivity index (χ2v) is 5.83. The van der Waals surface area contributed by atoms with E-state index in [9.17, 15) is 14.4 Å². The molecule has 0 bridgehead atoms. The Morgan fingerprint density at radius 2 is 2.05 bits per heavy atom. The average Bonchev–Trinajstić information content (AvgIpc) is 3.24. The first-order valence-electron chi connectivity index (χ1n) is 6.98. The molecule has 2 aliphatic rings. The van der Waals surface area contributed by atoms with Gasteiger partial charge in [0.1, 0.15) is 6.54 Å². The number of amides is 1. The van der Waals surface area contributed by atoms with Crippen LogP contribution in [-0.2, 0) is 14.9 Å². The van der Waals surface area contributed by atoms with Gasteiger partial charge in [-0.3, -0.25) is 14.4 Å². The van der Waals surface area contributed by atoms with Crippen LogP contribution in [0.3, 0.4) is 0 Å². The van der Waals surface area contributed by atoms with Gasteiger partial charge >= 0.3 is 5.97 Å². The van der Waals surface area contributed by atoms with Crippen LogP contribution in [0.4, 0.5) is 0 Å². The van der Waals surface area contributed by atoms with Gasteiger partial charge in [0.05, 0.1) is 7.11 Å². The van der Waals surface area contributed by atoms with Crippen molar-refractivity contribution in [2.24, 2.45) is 0 Å². The summed E-state index contributed by atoms with van der Waals surface area (Å²) in [7, 11) is 1.32. The minimum Gasteiger partial charge on any atom is -0.468 e. The van der Waals surface area contributed by atoms with E-state index < -0.39 is 5.97 Å². The van der Waals surface area contributed by atoms with Crippen molar-refractivity contribution in [3.63, 3.8) is 0 Å². The number of rotatable bonds is 3. The summed E-state index contributed by atoms with van der Waals surface area (Å²) in [5, 5.41) is 0. The number of nitrogens with zero attached hydrogens (tertiary/aromatic N) is 1. The third kappa shape index (κ3) is 2.22. The number of Topliss-reactive ketones (excluding diaryl/α,β-unsaturated/α-hetero) is 1. The lowest BCUT2D eigenvalue weighted by Crippen LogP contribution is -2.46. The molecular weight excluding hydrogens is 270 g/mol. The maximum atomic E-state index is 12.5. The summed E-state index contributed by atoms with van der Waals surface area (Å²) >= 11 is 0. The number of esters is 1. The van der Waals surface area contributed by atoms with E-state index in [1.54, 1.807) is 17.0 Å². The molecule has 21 heavy (non-hydrogen) atoms. The molecule has 5 nitrogen and oxygen atoms in total. The molecule has 3 rings (SSSR count). The number of hydrogen-bond acceptors (Lipinski definition) is 4. The first-order valence-corrected chi connectivity index (χ1v) is 6.98. The molecule has 0 aromatic heterocycles. The van der Waals surface area contributed by atoms with Crippen molar-refractivity contribution in [3.8, 4) is 0 Å². The Bertz CT molecular complexity index is 646. The number of methoxy groups -OCH3 is 1. The second kappa shape index (κ2) is 4.69. The van der Waals surface area contributed by atoms with Crippen molar-refractivity contribution < 1.29 is 19.1 Å². The highest BCUT2D eigenvalue weighted by atomic mass is 16.5. The van der Waals surface area contributed by atoms with Gasteiger partial charge in [0.15, 0.2) is 5.78 Å². The summed E-state index contributed by atoms with van der Waals surface area (Å²) in [6.45, 7) is 2.02. The minimum absolute atomic E-state index is 0.00182. The summed E-state index contributed by atoms with van der Waals surface area (Å²) in [6, 6.07) is 5.23. The van der Waals surface area contributed by atoms with Gasteiger partial charge in [-0.25, -0.2) is 0 Å². The maximum absolute atomic E-state index is 12.5. The molecule has 0 saturated heterocycles. The fraction of sp³-hybridized carbons (Fsp3) is 0.438. The van der Waals surface area contributed by atoms with E-state index in [0.29, 0.717) is 17.7 Å². The van der Waals surface area contributed by atoms with Crippen molar-refractivity contribution in [2.75, 3.05) is 20.2 Å². The number of carbonyl (C=O) groups is 3. The Labute approximate surface area is 122 Å². The molecule has 1 fully saturated rings. The standard InChI is InChI=1S/C16H17NO4/c1-10(18)11-3-4-12-13(7-11)16(5-6-16)9-17(15(12)20)8-14(19)21-2/h3-4,7H,5-6,8-9H2,1-2H3. The zero-order valence-corrected chi connectivity index (χ0v) is 12.1. The van der Waals surface area contributed by atoms with Gasteiger partial charge < -0.3 is 9.64 Å². The molecule has 1 saturated carbocycles. The lowest BCUT2D eigenvalue weighted by molar-refractivity contribution is -0.141. The molecule has 5 heteroatoms. The van der Waals surface area contributed by atoms with E-state index in [2.05, 4.69) is 4.74 Å². The molecule has 1 aliphatic heterocycles. The van der Waals surface area contributed by atoms with Crippen LogP contribution in [0.5, 0.6) is 0 Å². The van der Waals surface area contributed by atoms with E-state index in [1.807, 2.05) is 6.07 Å². The van der Waals surface area contributed by atoms with E-state index in [0.717, 1.165) is 18.4 Å². The smallest absolute Gasteiger partial charge is 0.325 e. The molecule has 0 unspecified atom stereocenters. The molecule has 0 N–H and O–H groups in total.